The molecule has 2 aromatic carbocycles. The standard InChI is InChI=1S/C20H19NO4/c1-12-18(14-8-4-6-10-16(14)21-12)19(22)13(2)25-20(23)15-9-5-7-11-17(15)24-3/h4-11,13,21H,1-3H3/t13-/m1/s1. The van der Waals surface area contributed by atoms with Gasteiger partial charge in [-0.15, -0.1) is 0 Å². The van der Waals surface area contributed by atoms with Crippen LogP contribution in [0.1, 0.15) is 33.3 Å². The number of nitrogens with one attached hydrogen (secondary N) is 1. The van der Waals surface area contributed by atoms with Gasteiger partial charge in [-0.25, -0.2) is 4.79 Å². The number of carbonyl (C=O) groups excluding carboxylic acids is 2. The van der Waals surface area contributed by atoms with Crippen LogP contribution in [0.15, 0.2) is 48.5 Å². The van der Waals surface area contributed by atoms with Crippen LogP contribution in [0.3, 0.4) is 0 Å². The van der Waals surface area contributed by atoms with Crippen molar-refractivity contribution in [2.24, 2.45) is 0 Å². The Morgan fingerprint density at radius 3 is 2.48 bits per heavy atom. The van der Waals surface area contributed by atoms with Crippen LogP contribution in [-0.2, 0) is 4.74 Å². The van der Waals surface area contributed by atoms with Crippen molar-refractivity contribution in [1.29, 1.82) is 0 Å². The van der Waals surface area contributed by atoms with Crippen LogP contribution in [0.4, 0.5) is 0 Å². The van der Waals surface area contributed by atoms with Crippen molar-refractivity contribution in [3.63, 3.8) is 0 Å². The summed E-state index contributed by atoms with van der Waals surface area (Å²) in [6.07, 6.45) is -0.907. The van der Waals surface area contributed by atoms with Crippen molar-refractivity contribution in [3.8, 4) is 5.75 Å². The molecule has 0 saturated heterocycles. The van der Waals surface area contributed by atoms with Crippen molar-refractivity contribution < 1.29 is 19.1 Å². The van der Waals surface area contributed by atoms with E-state index in [9.17, 15) is 9.59 Å². The van der Waals surface area contributed by atoms with Crippen molar-refractivity contribution in [3.05, 3.63) is 65.4 Å². The van der Waals surface area contributed by atoms with Crippen molar-refractivity contribution in [2.45, 2.75) is 20.0 Å². The zero-order chi connectivity index (χ0) is 18.0. The van der Waals surface area contributed by atoms with Gasteiger partial charge in [-0.1, -0.05) is 30.3 Å². The fourth-order valence-corrected chi connectivity index (χ4v) is 2.89. The number of aromatic amines is 1. The molecule has 1 N–H and O–H groups in total. The lowest BCUT2D eigenvalue weighted by molar-refractivity contribution is 0.0316. The van der Waals surface area contributed by atoms with Crippen LogP contribution in [0, 0.1) is 6.92 Å². The van der Waals surface area contributed by atoms with Gasteiger partial charge >= 0.3 is 5.97 Å². The zero-order valence-electron chi connectivity index (χ0n) is 14.3. The molecule has 5 heteroatoms. The number of H-pyrrole nitrogens is 1. The largest absolute Gasteiger partial charge is 0.496 e. The number of hydrogen-bond donors (Lipinski definition) is 1. The quantitative estimate of drug-likeness (QED) is 0.566. The summed E-state index contributed by atoms with van der Waals surface area (Å²) in [6.45, 7) is 3.42. The van der Waals surface area contributed by atoms with Gasteiger partial charge in [0.2, 0.25) is 5.78 Å². The summed E-state index contributed by atoms with van der Waals surface area (Å²) in [5.41, 5.74) is 2.48. The van der Waals surface area contributed by atoms with Gasteiger partial charge in [0.05, 0.1) is 7.11 Å². The van der Waals surface area contributed by atoms with Crippen molar-refractivity contribution >= 4 is 22.7 Å². The first kappa shape index (κ1) is 16.8. The summed E-state index contributed by atoms with van der Waals surface area (Å²) in [7, 11) is 1.48. The molecule has 1 atom stereocenters. The van der Waals surface area contributed by atoms with Gasteiger partial charge in [0, 0.05) is 22.2 Å². The third kappa shape index (κ3) is 3.13. The highest BCUT2D eigenvalue weighted by Gasteiger charge is 2.25. The van der Waals surface area contributed by atoms with Gasteiger partial charge in [-0.3, -0.25) is 4.79 Å². The number of methoxy groups -OCH3 is 1. The molecule has 3 aromatic rings. The number of ether oxygens (including phenoxy) is 2. The number of Topliss-reactive ketones (excluding diaryl/α,β-unsaturated/α-hetero) is 1. The highest BCUT2D eigenvalue weighted by molar-refractivity contribution is 6.11. The first-order valence-corrected chi connectivity index (χ1v) is 7.98. The van der Waals surface area contributed by atoms with Crippen LogP contribution in [0.2, 0.25) is 0 Å². The van der Waals surface area contributed by atoms with E-state index in [4.69, 9.17) is 9.47 Å². The number of benzene rings is 2. The molecule has 3 rings (SSSR count). The van der Waals surface area contributed by atoms with Crippen LogP contribution >= 0.6 is 0 Å². The monoisotopic (exact) mass is 337 g/mol. The van der Waals surface area contributed by atoms with Crippen LogP contribution in [0.25, 0.3) is 10.9 Å². The van der Waals surface area contributed by atoms with E-state index in [1.54, 1.807) is 31.2 Å². The summed E-state index contributed by atoms with van der Waals surface area (Å²) in [5, 5.41) is 0.824. The van der Waals surface area contributed by atoms with Gasteiger partial charge < -0.3 is 14.5 Å². The summed E-state index contributed by atoms with van der Waals surface area (Å²) in [4.78, 5) is 28.4. The third-order valence-electron chi connectivity index (χ3n) is 4.12. The Morgan fingerprint density at radius 1 is 1.04 bits per heavy atom. The first-order valence-electron chi connectivity index (χ1n) is 7.98. The highest BCUT2D eigenvalue weighted by atomic mass is 16.5. The van der Waals surface area contributed by atoms with Crippen molar-refractivity contribution in [1.82, 2.24) is 4.98 Å². The summed E-state index contributed by atoms with van der Waals surface area (Å²) in [5.74, 6) is -0.413. The Hall–Kier alpha value is -3.08. The van der Waals surface area contributed by atoms with Gasteiger partial charge in [0.15, 0.2) is 6.10 Å². The minimum atomic E-state index is -0.907. The molecule has 0 bridgehead atoms. The number of fused-ring (bicyclic) bond motifs is 1. The predicted molar refractivity (Wildman–Crippen MR) is 95.2 cm³/mol. The molecule has 0 saturated carbocycles. The summed E-state index contributed by atoms with van der Waals surface area (Å²) >= 11 is 0. The van der Waals surface area contributed by atoms with Gasteiger partial charge in [-0.2, -0.15) is 0 Å². The van der Waals surface area contributed by atoms with Gasteiger partial charge in [-0.05, 0) is 32.0 Å². The second-order valence-corrected chi connectivity index (χ2v) is 5.78. The fraction of sp³-hybridized carbons (Fsp3) is 0.200. The molecule has 0 aliphatic rings. The van der Waals surface area contributed by atoms with Gasteiger partial charge in [0.25, 0.3) is 0 Å². The first-order chi connectivity index (χ1) is 12.0. The molecule has 5 nitrogen and oxygen atoms in total. The predicted octanol–water partition coefficient (Wildman–Crippen LogP) is 3.91. The maximum Gasteiger partial charge on any atom is 0.342 e. The van der Waals surface area contributed by atoms with Crippen molar-refractivity contribution in [2.75, 3.05) is 7.11 Å². The normalized spacial score (nSPS) is 12.0. The number of esters is 1. The second kappa shape index (κ2) is 6.81. The molecule has 1 heterocycles. The van der Waals surface area contributed by atoms with Crippen LogP contribution in [-0.4, -0.2) is 30.0 Å². The minimum Gasteiger partial charge on any atom is -0.496 e. The Balaban J connectivity index is 1.85. The lowest BCUT2D eigenvalue weighted by Crippen LogP contribution is -2.25. The number of hydrogen-bond acceptors (Lipinski definition) is 4. The van der Waals surface area contributed by atoms with E-state index in [0.29, 0.717) is 16.9 Å². The average molecular weight is 337 g/mol. The average Bonchev–Trinajstić information content (AvgIpc) is 2.96. The smallest absolute Gasteiger partial charge is 0.342 e. The van der Waals surface area contributed by atoms with E-state index < -0.39 is 12.1 Å². The second-order valence-electron chi connectivity index (χ2n) is 5.78. The fourth-order valence-electron chi connectivity index (χ4n) is 2.89. The zero-order valence-corrected chi connectivity index (χ0v) is 14.3. The van der Waals surface area contributed by atoms with Crippen LogP contribution in [0.5, 0.6) is 5.75 Å². The van der Waals surface area contributed by atoms with E-state index in [-0.39, 0.29) is 5.78 Å². The maximum absolute atomic E-state index is 12.8. The van der Waals surface area contributed by atoms with E-state index in [0.717, 1.165) is 16.6 Å². The number of para-hydroxylation sites is 2. The SMILES string of the molecule is COc1ccccc1C(=O)O[C@H](C)C(=O)c1c(C)[nH]c2ccccc12. The molecule has 0 fully saturated rings. The van der Waals surface area contributed by atoms with E-state index >= 15 is 0 Å². The number of rotatable bonds is 5. The summed E-state index contributed by atoms with van der Waals surface area (Å²) in [6, 6.07) is 14.3. The molecule has 0 unspecified atom stereocenters. The highest BCUT2D eigenvalue weighted by Crippen LogP contribution is 2.25. The Kier molecular flexibility index (Phi) is 4.57. The minimum absolute atomic E-state index is 0.238. The van der Waals surface area contributed by atoms with E-state index in [1.807, 2.05) is 31.2 Å². The molecule has 0 radical (unpaired) electrons. The Bertz CT molecular complexity index is 942. The molecular formula is C20H19NO4. The number of aromatic nitrogens is 1. The van der Waals surface area contributed by atoms with E-state index in [2.05, 4.69) is 4.98 Å². The summed E-state index contributed by atoms with van der Waals surface area (Å²) < 4.78 is 10.6. The lowest BCUT2D eigenvalue weighted by atomic mass is 10.0. The molecule has 25 heavy (non-hydrogen) atoms. The maximum atomic E-state index is 12.8. The molecule has 0 aliphatic heterocycles. The number of aryl methyl sites for hydroxylation is 1. The molecule has 128 valence electrons. The number of carbonyl (C=O) groups is 2. The molecular weight excluding hydrogens is 318 g/mol. The molecule has 0 aliphatic carbocycles. The Labute approximate surface area is 145 Å². The van der Waals surface area contributed by atoms with E-state index in [1.165, 1.54) is 7.11 Å². The van der Waals surface area contributed by atoms with Gasteiger partial charge in [0.1, 0.15) is 11.3 Å². The molecule has 0 amide bonds. The third-order valence-corrected chi connectivity index (χ3v) is 4.12. The molecule has 0 spiro atoms. The van der Waals surface area contributed by atoms with Crippen LogP contribution < -0.4 is 4.74 Å². The Morgan fingerprint density at radius 2 is 1.72 bits per heavy atom. The topological polar surface area (TPSA) is 68.4 Å². The number of ketones is 1. The molecule has 1 aromatic heterocycles. The lowest BCUT2D eigenvalue weighted by Gasteiger charge is -2.14.